The SMILES string of the molecule is CCOC(=O)CC(O)C(=O)c1cccc(Br)c1. The van der Waals surface area contributed by atoms with E-state index in [1.165, 1.54) is 0 Å². The highest BCUT2D eigenvalue weighted by molar-refractivity contribution is 9.10. The number of rotatable bonds is 5. The number of Topliss-reactive ketones (excluding diaryl/α,β-unsaturated/α-hetero) is 1. The van der Waals surface area contributed by atoms with Crippen LogP contribution in [0.15, 0.2) is 28.7 Å². The van der Waals surface area contributed by atoms with Crippen molar-refractivity contribution in [3.8, 4) is 0 Å². The van der Waals surface area contributed by atoms with Gasteiger partial charge in [-0.1, -0.05) is 28.1 Å². The normalized spacial score (nSPS) is 11.9. The number of benzene rings is 1. The summed E-state index contributed by atoms with van der Waals surface area (Å²) in [5.74, 6) is -1.07. The van der Waals surface area contributed by atoms with Crippen molar-refractivity contribution in [1.82, 2.24) is 0 Å². The molecule has 0 bridgehead atoms. The average Bonchev–Trinajstić information content (AvgIpc) is 2.28. The molecule has 1 aromatic carbocycles. The molecule has 0 spiro atoms. The summed E-state index contributed by atoms with van der Waals surface area (Å²) in [6.07, 6.45) is -1.68. The molecule has 0 fully saturated rings. The third-order valence-corrected chi connectivity index (χ3v) is 2.57. The minimum atomic E-state index is -1.36. The molecule has 1 unspecified atom stereocenters. The number of carbonyl (C=O) groups is 2. The highest BCUT2D eigenvalue weighted by Gasteiger charge is 2.21. The lowest BCUT2D eigenvalue weighted by Gasteiger charge is -2.09. The van der Waals surface area contributed by atoms with Gasteiger partial charge in [-0.05, 0) is 19.1 Å². The van der Waals surface area contributed by atoms with Crippen LogP contribution in [-0.2, 0) is 9.53 Å². The van der Waals surface area contributed by atoms with Gasteiger partial charge < -0.3 is 9.84 Å². The Hall–Kier alpha value is -1.20. The Balaban J connectivity index is 2.67. The van der Waals surface area contributed by atoms with Gasteiger partial charge in [0.25, 0.3) is 0 Å². The molecule has 1 atom stereocenters. The Kier molecular flexibility index (Phi) is 5.31. The van der Waals surface area contributed by atoms with E-state index in [0.29, 0.717) is 5.56 Å². The molecule has 1 aromatic rings. The van der Waals surface area contributed by atoms with Gasteiger partial charge in [-0.2, -0.15) is 0 Å². The van der Waals surface area contributed by atoms with Crippen molar-refractivity contribution in [3.05, 3.63) is 34.3 Å². The highest BCUT2D eigenvalue weighted by atomic mass is 79.9. The summed E-state index contributed by atoms with van der Waals surface area (Å²) in [4.78, 5) is 22.9. The monoisotopic (exact) mass is 300 g/mol. The molecule has 0 radical (unpaired) electrons. The van der Waals surface area contributed by atoms with Crippen LogP contribution in [0.1, 0.15) is 23.7 Å². The third kappa shape index (κ3) is 4.28. The molecular formula is C12H13BrO4. The first-order valence-corrected chi connectivity index (χ1v) is 5.97. The predicted molar refractivity (Wildman–Crippen MR) is 65.7 cm³/mol. The van der Waals surface area contributed by atoms with Gasteiger partial charge in [0.15, 0.2) is 5.78 Å². The molecule has 92 valence electrons. The maximum Gasteiger partial charge on any atom is 0.308 e. The number of aliphatic hydroxyl groups excluding tert-OH is 1. The summed E-state index contributed by atoms with van der Waals surface area (Å²) in [5, 5.41) is 9.59. The molecular weight excluding hydrogens is 288 g/mol. The van der Waals surface area contributed by atoms with E-state index in [2.05, 4.69) is 20.7 Å². The van der Waals surface area contributed by atoms with Gasteiger partial charge in [0.1, 0.15) is 6.10 Å². The minimum absolute atomic E-state index is 0.233. The largest absolute Gasteiger partial charge is 0.466 e. The Morgan fingerprint density at radius 3 is 2.76 bits per heavy atom. The molecule has 0 amide bonds. The van der Waals surface area contributed by atoms with Gasteiger partial charge in [0, 0.05) is 10.0 Å². The van der Waals surface area contributed by atoms with E-state index >= 15 is 0 Å². The van der Waals surface area contributed by atoms with E-state index in [1.807, 2.05) is 0 Å². The molecule has 5 heteroatoms. The fourth-order valence-corrected chi connectivity index (χ4v) is 1.70. The van der Waals surface area contributed by atoms with Crippen molar-refractivity contribution >= 4 is 27.7 Å². The van der Waals surface area contributed by atoms with Gasteiger partial charge in [-0.3, -0.25) is 9.59 Å². The number of hydrogen-bond acceptors (Lipinski definition) is 4. The first-order chi connectivity index (χ1) is 8.04. The topological polar surface area (TPSA) is 63.6 Å². The second-order valence-electron chi connectivity index (χ2n) is 3.40. The first kappa shape index (κ1) is 13.9. The molecule has 0 saturated carbocycles. The summed E-state index contributed by atoms with van der Waals surface area (Å²) in [7, 11) is 0. The second-order valence-corrected chi connectivity index (χ2v) is 4.32. The van der Waals surface area contributed by atoms with Crippen molar-refractivity contribution in [3.63, 3.8) is 0 Å². The lowest BCUT2D eigenvalue weighted by molar-refractivity contribution is -0.144. The number of hydrogen-bond donors (Lipinski definition) is 1. The van der Waals surface area contributed by atoms with Crippen molar-refractivity contribution in [1.29, 1.82) is 0 Å². The average molecular weight is 301 g/mol. The molecule has 17 heavy (non-hydrogen) atoms. The van der Waals surface area contributed by atoms with E-state index < -0.39 is 17.9 Å². The molecule has 0 aromatic heterocycles. The van der Waals surface area contributed by atoms with Crippen LogP contribution in [0.25, 0.3) is 0 Å². The number of halogens is 1. The number of ketones is 1. The van der Waals surface area contributed by atoms with Crippen molar-refractivity contribution in [2.75, 3.05) is 6.61 Å². The van der Waals surface area contributed by atoms with E-state index in [1.54, 1.807) is 31.2 Å². The standard InChI is InChI=1S/C12H13BrO4/c1-2-17-11(15)7-10(14)12(16)8-4-3-5-9(13)6-8/h3-6,10,14H,2,7H2,1H3. The Bertz CT molecular complexity index is 417. The zero-order chi connectivity index (χ0) is 12.8. The summed E-state index contributed by atoms with van der Waals surface area (Å²) in [6, 6.07) is 6.64. The summed E-state index contributed by atoms with van der Waals surface area (Å²) < 4.78 is 5.40. The van der Waals surface area contributed by atoms with Gasteiger partial charge in [-0.15, -0.1) is 0 Å². The zero-order valence-electron chi connectivity index (χ0n) is 9.35. The molecule has 0 aliphatic carbocycles. The summed E-state index contributed by atoms with van der Waals surface area (Å²) in [6.45, 7) is 1.90. The van der Waals surface area contributed by atoms with Crippen LogP contribution in [0.2, 0.25) is 0 Å². The third-order valence-electron chi connectivity index (χ3n) is 2.08. The molecule has 4 nitrogen and oxygen atoms in total. The van der Waals surface area contributed by atoms with Crippen LogP contribution in [-0.4, -0.2) is 29.6 Å². The maximum absolute atomic E-state index is 11.8. The molecule has 1 rings (SSSR count). The minimum Gasteiger partial charge on any atom is -0.466 e. The van der Waals surface area contributed by atoms with Gasteiger partial charge >= 0.3 is 5.97 Å². The molecule has 1 N–H and O–H groups in total. The predicted octanol–water partition coefficient (Wildman–Crippen LogP) is 1.95. The first-order valence-electron chi connectivity index (χ1n) is 5.18. The number of aliphatic hydroxyl groups is 1. The van der Waals surface area contributed by atoms with Crippen LogP contribution >= 0.6 is 15.9 Å². The molecule has 0 aliphatic heterocycles. The number of carbonyl (C=O) groups excluding carboxylic acids is 2. The van der Waals surface area contributed by atoms with Gasteiger partial charge in [-0.25, -0.2) is 0 Å². The fraction of sp³-hybridized carbons (Fsp3) is 0.333. The molecule has 0 heterocycles. The molecule has 0 aliphatic rings. The van der Waals surface area contributed by atoms with Crippen LogP contribution in [0.5, 0.6) is 0 Å². The van der Waals surface area contributed by atoms with E-state index in [9.17, 15) is 14.7 Å². The Labute approximate surface area is 108 Å². The number of ether oxygens (including phenoxy) is 1. The van der Waals surface area contributed by atoms with Gasteiger partial charge in [0.2, 0.25) is 0 Å². The Morgan fingerprint density at radius 1 is 1.47 bits per heavy atom. The van der Waals surface area contributed by atoms with Crippen LogP contribution in [0, 0.1) is 0 Å². The lowest BCUT2D eigenvalue weighted by Crippen LogP contribution is -2.25. The maximum atomic E-state index is 11.8. The molecule has 0 saturated heterocycles. The lowest BCUT2D eigenvalue weighted by atomic mass is 10.0. The summed E-state index contributed by atoms with van der Waals surface area (Å²) in [5.41, 5.74) is 0.358. The Morgan fingerprint density at radius 2 is 2.18 bits per heavy atom. The van der Waals surface area contributed by atoms with E-state index in [4.69, 9.17) is 0 Å². The summed E-state index contributed by atoms with van der Waals surface area (Å²) >= 11 is 3.23. The van der Waals surface area contributed by atoms with Crippen LogP contribution in [0.3, 0.4) is 0 Å². The quantitative estimate of drug-likeness (QED) is 0.667. The number of esters is 1. The highest BCUT2D eigenvalue weighted by Crippen LogP contribution is 2.14. The van der Waals surface area contributed by atoms with Crippen molar-refractivity contribution < 1.29 is 19.4 Å². The van der Waals surface area contributed by atoms with Crippen LogP contribution < -0.4 is 0 Å². The second kappa shape index (κ2) is 6.51. The van der Waals surface area contributed by atoms with Crippen LogP contribution in [0.4, 0.5) is 0 Å². The van der Waals surface area contributed by atoms with Crippen molar-refractivity contribution in [2.24, 2.45) is 0 Å². The van der Waals surface area contributed by atoms with E-state index in [-0.39, 0.29) is 13.0 Å². The van der Waals surface area contributed by atoms with Gasteiger partial charge in [0.05, 0.1) is 13.0 Å². The zero-order valence-corrected chi connectivity index (χ0v) is 10.9. The fourth-order valence-electron chi connectivity index (χ4n) is 1.30. The van der Waals surface area contributed by atoms with E-state index in [0.717, 1.165) is 4.47 Å². The van der Waals surface area contributed by atoms with Crippen molar-refractivity contribution in [2.45, 2.75) is 19.4 Å². The smallest absolute Gasteiger partial charge is 0.308 e.